The Morgan fingerprint density at radius 2 is 1.94 bits per heavy atom. The number of fused-ring (bicyclic) bond motifs is 2. The number of aromatic amines is 1. The molecule has 1 fully saturated rings. The maximum atomic E-state index is 5.60. The summed E-state index contributed by atoms with van der Waals surface area (Å²) in [7, 11) is 18.2. The van der Waals surface area contributed by atoms with E-state index in [-0.39, 0.29) is 12.1 Å². The summed E-state index contributed by atoms with van der Waals surface area (Å²) in [6.45, 7) is 0. The number of rotatable bonds is 6. The van der Waals surface area contributed by atoms with Crippen molar-refractivity contribution in [1.82, 2.24) is 29.5 Å². The lowest BCUT2D eigenvalue weighted by molar-refractivity contribution is 0.0202. The molecule has 5 rings (SSSR count). The molecule has 6 radical (unpaired) electrons. The highest BCUT2D eigenvalue weighted by molar-refractivity contribution is 6.58. The van der Waals surface area contributed by atoms with Crippen LogP contribution in [-0.2, 0) is 4.74 Å². The monoisotopic (exact) mass is 423 g/mol. The van der Waals surface area contributed by atoms with E-state index in [0.717, 1.165) is 48.0 Å². The Morgan fingerprint density at radius 3 is 2.69 bits per heavy atom. The summed E-state index contributed by atoms with van der Waals surface area (Å²) in [5, 5.41) is 6.76. The molecule has 32 heavy (non-hydrogen) atoms. The van der Waals surface area contributed by atoms with Crippen molar-refractivity contribution in [3.05, 3.63) is 30.7 Å². The SMILES string of the molecule is [B]C([B])([B])OC1CCC(Nc2nc(OC)c3c(-c4ccn5nccc5n4)c[nH]c3n2)CC1. The van der Waals surface area contributed by atoms with E-state index < -0.39 is 5.30 Å². The molecule has 0 bridgehead atoms. The third kappa shape index (κ3) is 4.19. The first-order chi connectivity index (χ1) is 15.4. The van der Waals surface area contributed by atoms with Gasteiger partial charge in [0.2, 0.25) is 11.8 Å². The second kappa shape index (κ2) is 8.16. The second-order valence-electron chi connectivity index (χ2n) is 8.02. The minimum atomic E-state index is -1.60. The van der Waals surface area contributed by atoms with Crippen LogP contribution in [0, 0.1) is 0 Å². The topological polar surface area (TPSA) is 102 Å². The molecule has 0 unspecified atom stereocenters. The number of ether oxygens (including phenoxy) is 2. The van der Waals surface area contributed by atoms with E-state index in [9.17, 15) is 0 Å². The molecule has 1 saturated carbocycles. The molecule has 0 aromatic carbocycles. The Bertz CT molecular complexity index is 1250. The standard InChI is InChI=1S/C20H20B3N7O2/c1-31-18-16-13(14-7-9-30-15(27-14)6-8-25-30)10-24-17(16)28-19(29-18)26-11-2-4-12(5-3-11)32-20(21,22)23/h6-12H,2-5H2,1H3,(H2,24,26,28,29). The van der Waals surface area contributed by atoms with Gasteiger partial charge in [-0.15, -0.1) is 0 Å². The van der Waals surface area contributed by atoms with Crippen molar-refractivity contribution in [2.75, 3.05) is 12.4 Å². The van der Waals surface area contributed by atoms with Crippen LogP contribution in [0.3, 0.4) is 0 Å². The van der Waals surface area contributed by atoms with Crippen molar-refractivity contribution in [3.8, 4) is 17.1 Å². The summed E-state index contributed by atoms with van der Waals surface area (Å²) in [5.41, 5.74) is 3.06. The first-order valence-corrected chi connectivity index (χ1v) is 10.4. The van der Waals surface area contributed by atoms with E-state index in [2.05, 4.69) is 30.4 Å². The number of aromatic nitrogens is 6. The Labute approximate surface area is 188 Å². The molecular weight excluding hydrogens is 403 g/mol. The number of H-pyrrole nitrogens is 1. The number of nitrogens with one attached hydrogen (secondary N) is 2. The number of hydrogen-bond donors (Lipinski definition) is 2. The van der Waals surface area contributed by atoms with Gasteiger partial charge >= 0.3 is 0 Å². The predicted molar refractivity (Wildman–Crippen MR) is 123 cm³/mol. The van der Waals surface area contributed by atoms with Gasteiger partial charge in [-0.3, -0.25) is 0 Å². The zero-order valence-electron chi connectivity index (χ0n) is 17.7. The number of anilines is 1. The fraction of sp³-hybridized carbons (Fsp3) is 0.400. The molecule has 156 valence electrons. The average Bonchev–Trinajstić information content (AvgIpc) is 3.40. The maximum Gasteiger partial charge on any atom is 0.228 e. The van der Waals surface area contributed by atoms with Gasteiger partial charge in [0.1, 0.15) is 5.65 Å². The largest absolute Gasteiger partial charge is 0.480 e. The van der Waals surface area contributed by atoms with Crippen LogP contribution in [0.4, 0.5) is 5.95 Å². The predicted octanol–water partition coefficient (Wildman–Crippen LogP) is 1.53. The molecule has 4 aromatic heterocycles. The molecule has 0 aliphatic heterocycles. The van der Waals surface area contributed by atoms with Crippen molar-refractivity contribution in [2.45, 2.75) is 43.1 Å². The van der Waals surface area contributed by atoms with E-state index in [0.29, 0.717) is 17.5 Å². The maximum absolute atomic E-state index is 5.60. The molecule has 4 heterocycles. The summed E-state index contributed by atoms with van der Waals surface area (Å²) in [4.78, 5) is 17.1. The van der Waals surface area contributed by atoms with E-state index in [1.165, 1.54) is 0 Å². The minimum Gasteiger partial charge on any atom is -0.480 e. The van der Waals surface area contributed by atoms with Crippen LogP contribution in [-0.4, -0.2) is 77.6 Å². The quantitative estimate of drug-likeness (QED) is 0.454. The van der Waals surface area contributed by atoms with Gasteiger partial charge in [0.25, 0.3) is 0 Å². The van der Waals surface area contributed by atoms with Gasteiger partial charge in [0.15, 0.2) is 5.65 Å². The Hall–Kier alpha value is -3.01. The Morgan fingerprint density at radius 1 is 1.12 bits per heavy atom. The molecular formula is C20H20B3N7O2. The summed E-state index contributed by atoms with van der Waals surface area (Å²) >= 11 is 0. The third-order valence-electron chi connectivity index (χ3n) is 5.60. The fourth-order valence-electron chi connectivity index (χ4n) is 4.17. The lowest BCUT2D eigenvalue weighted by Crippen LogP contribution is -2.41. The van der Waals surface area contributed by atoms with Gasteiger partial charge in [0.05, 0.1) is 54.0 Å². The fourth-order valence-corrected chi connectivity index (χ4v) is 4.17. The Kier molecular flexibility index (Phi) is 5.32. The highest BCUT2D eigenvalue weighted by Gasteiger charge is 2.26. The van der Waals surface area contributed by atoms with Gasteiger partial charge in [0, 0.05) is 30.1 Å². The van der Waals surface area contributed by atoms with E-state index in [1.807, 2.05) is 24.5 Å². The van der Waals surface area contributed by atoms with E-state index in [4.69, 9.17) is 33.0 Å². The van der Waals surface area contributed by atoms with Crippen molar-refractivity contribution >= 4 is 46.2 Å². The highest BCUT2D eigenvalue weighted by atomic mass is 16.5. The van der Waals surface area contributed by atoms with Crippen LogP contribution in [0.2, 0.25) is 0 Å². The number of nitrogens with zero attached hydrogens (tertiary/aromatic N) is 5. The van der Waals surface area contributed by atoms with Crippen molar-refractivity contribution in [3.63, 3.8) is 0 Å². The molecule has 1 aliphatic rings. The minimum absolute atomic E-state index is 0.0578. The lowest BCUT2D eigenvalue weighted by atomic mass is 9.52. The molecule has 0 atom stereocenters. The van der Waals surface area contributed by atoms with Crippen LogP contribution in [0.5, 0.6) is 5.88 Å². The summed E-state index contributed by atoms with van der Waals surface area (Å²) in [6.07, 6.45) is 8.68. The molecule has 2 N–H and O–H groups in total. The van der Waals surface area contributed by atoms with Crippen LogP contribution < -0.4 is 10.1 Å². The van der Waals surface area contributed by atoms with Gasteiger partial charge in [-0.1, -0.05) is 0 Å². The number of methoxy groups -OCH3 is 1. The van der Waals surface area contributed by atoms with Crippen molar-refractivity contribution in [2.24, 2.45) is 0 Å². The first-order valence-electron chi connectivity index (χ1n) is 10.4. The molecule has 4 aromatic rings. The van der Waals surface area contributed by atoms with Crippen LogP contribution in [0.15, 0.2) is 30.7 Å². The zero-order valence-corrected chi connectivity index (χ0v) is 17.7. The van der Waals surface area contributed by atoms with Crippen LogP contribution in [0.25, 0.3) is 27.9 Å². The average molecular weight is 423 g/mol. The molecule has 1 aliphatic carbocycles. The number of hydrogen-bond acceptors (Lipinski definition) is 7. The van der Waals surface area contributed by atoms with Gasteiger partial charge in [-0.25, -0.2) is 9.50 Å². The summed E-state index contributed by atoms with van der Waals surface area (Å²) in [6, 6.07) is 3.94. The summed E-state index contributed by atoms with van der Waals surface area (Å²) < 4.78 is 12.8. The molecule has 12 heteroatoms. The Balaban J connectivity index is 1.37. The van der Waals surface area contributed by atoms with Crippen molar-refractivity contribution < 1.29 is 9.47 Å². The third-order valence-corrected chi connectivity index (χ3v) is 5.60. The van der Waals surface area contributed by atoms with Crippen LogP contribution >= 0.6 is 0 Å². The lowest BCUT2D eigenvalue weighted by Gasteiger charge is -2.34. The second-order valence-corrected chi connectivity index (χ2v) is 8.02. The highest BCUT2D eigenvalue weighted by Crippen LogP contribution is 2.34. The van der Waals surface area contributed by atoms with Gasteiger partial charge in [-0.05, 0) is 37.0 Å². The normalized spacial score (nSPS) is 19.4. The van der Waals surface area contributed by atoms with E-state index >= 15 is 0 Å². The smallest absolute Gasteiger partial charge is 0.228 e. The van der Waals surface area contributed by atoms with E-state index in [1.54, 1.807) is 17.8 Å². The molecule has 9 nitrogen and oxygen atoms in total. The first kappa shape index (κ1) is 20.9. The zero-order chi connectivity index (χ0) is 22.3. The van der Waals surface area contributed by atoms with Gasteiger partial charge in [-0.2, -0.15) is 15.1 Å². The van der Waals surface area contributed by atoms with Crippen LogP contribution in [0.1, 0.15) is 25.7 Å². The molecule has 0 amide bonds. The van der Waals surface area contributed by atoms with Crippen molar-refractivity contribution in [1.29, 1.82) is 0 Å². The molecule has 0 saturated heterocycles. The molecule has 0 spiro atoms. The van der Waals surface area contributed by atoms with Gasteiger partial charge < -0.3 is 19.8 Å². The summed E-state index contributed by atoms with van der Waals surface area (Å²) in [5.74, 6) is 0.970.